The molecule has 0 saturated carbocycles. The van der Waals surface area contributed by atoms with Crippen molar-refractivity contribution in [3.8, 4) is 0 Å². The lowest BCUT2D eigenvalue weighted by Gasteiger charge is -2.20. The van der Waals surface area contributed by atoms with E-state index in [1.165, 1.54) is 4.90 Å². The number of hydrogen-bond acceptors (Lipinski definition) is 3. The number of halogens is 1. The fraction of sp³-hybridized carbons (Fsp3) is 0.800. The maximum atomic E-state index is 11.4. The second kappa shape index (κ2) is 10.7. The molecule has 0 fully saturated rings. The maximum absolute atomic E-state index is 11.4. The third kappa shape index (κ3) is 7.48. The highest BCUT2D eigenvalue weighted by Gasteiger charge is 2.14. The van der Waals surface area contributed by atoms with Gasteiger partial charge in [0.1, 0.15) is 0 Å². The summed E-state index contributed by atoms with van der Waals surface area (Å²) in [6, 6.07) is 0. The summed E-state index contributed by atoms with van der Waals surface area (Å²) >= 11 is 0. The zero-order valence-electron chi connectivity index (χ0n) is 9.99. The maximum Gasteiger partial charge on any atom is 0.239 e. The van der Waals surface area contributed by atoms with Gasteiger partial charge in [0.2, 0.25) is 11.8 Å². The molecule has 0 saturated heterocycles. The van der Waals surface area contributed by atoms with Crippen LogP contribution in [0.3, 0.4) is 0 Å². The van der Waals surface area contributed by atoms with Gasteiger partial charge in [-0.3, -0.25) is 9.59 Å². The molecule has 5 nitrogen and oxygen atoms in total. The smallest absolute Gasteiger partial charge is 0.239 e. The number of nitrogens with one attached hydrogen (secondary N) is 1. The lowest BCUT2D eigenvalue weighted by atomic mass is 10.3. The van der Waals surface area contributed by atoms with Crippen molar-refractivity contribution >= 4 is 24.2 Å². The standard InChI is InChI=1S/C10H21N3O2.ClH/c1-3-5-12-9(14)8-13(6-4-2)10(15)7-11;/h3-8,11H2,1-2H3,(H,12,14);1H. The number of carbonyl (C=O) groups is 2. The van der Waals surface area contributed by atoms with Crippen LogP contribution in [0.15, 0.2) is 0 Å². The number of hydrogen-bond donors (Lipinski definition) is 2. The Kier molecular flexibility index (Phi) is 11.8. The van der Waals surface area contributed by atoms with Crippen LogP contribution in [0, 0.1) is 0 Å². The minimum atomic E-state index is -0.177. The predicted octanol–water partition coefficient (Wildman–Crippen LogP) is 0.132. The molecule has 16 heavy (non-hydrogen) atoms. The van der Waals surface area contributed by atoms with Gasteiger partial charge in [-0.25, -0.2) is 0 Å². The molecule has 2 amide bonds. The first-order valence-corrected chi connectivity index (χ1v) is 5.40. The molecule has 0 aromatic heterocycles. The molecule has 0 unspecified atom stereocenters. The molecule has 0 aromatic rings. The highest BCUT2D eigenvalue weighted by Crippen LogP contribution is 1.92. The monoisotopic (exact) mass is 251 g/mol. The second-order valence-electron chi connectivity index (χ2n) is 3.37. The number of nitrogens with two attached hydrogens (primary N) is 1. The third-order valence-electron chi connectivity index (χ3n) is 1.93. The Morgan fingerprint density at radius 1 is 1.25 bits per heavy atom. The summed E-state index contributed by atoms with van der Waals surface area (Å²) in [7, 11) is 0. The van der Waals surface area contributed by atoms with Crippen molar-refractivity contribution in [2.75, 3.05) is 26.2 Å². The first-order valence-electron chi connectivity index (χ1n) is 5.40. The van der Waals surface area contributed by atoms with Gasteiger partial charge in [-0.15, -0.1) is 12.4 Å². The van der Waals surface area contributed by atoms with Gasteiger partial charge in [0.05, 0.1) is 13.1 Å². The van der Waals surface area contributed by atoms with Crippen LogP contribution in [-0.2, 0) is 9.59 Å². The van der Waals surface area contributed by atoms with Gasteiger partial charge >= 0.3 is 0 Å². The quantitative estimate of drug-likeness (QED) is 0.676. The topological polar surface area (TPSA) is 75.4 Å². The van der Waals surface area contributed by atoms with E-state index < -0.39 is 0 Å². The number of rotatable bonds is 7. The fourth-order valence-corrected chi connectivity index (χ4v) is 1.18. The van der Waals surface area contributed by atoms with Crippen molar-refractivity contribution in [2.24, 2.45) is 5.73 Å². The van der Waals surface area contributed by atoms with E-state index in [0.29, 0.717) is 13.1 Å². The van der Waals surface area contributed by atoms with Crippen LogP contribution in [0.4, 0.5) is 0 Å². The van der Waals surface area contributed by atoms with Gasteiger partial charge in [-0.1, -0.05) is 13.8 Å². The molecule has 0 rings (SSSR count). The van der Waals surface area contributed by atoms with Crippen LogP contribution in [-0.4, -0.2) is 42.9 Å². The Morgan fingerprint density at radius 3 is 2.31 bits per heavy atom. The van der Waals surface area contributed by atoms with Crippen LogP contribution in [0.2, 0.25) is 0 Å². The van der Waals surface area contributed by atoms with E-state index in [1.807, 2.05) is 13.8 Å². The second-order valence-corrected chi connectivity index (χ2v) is 3.37. The molecule has 0 aliphatic heterocycles. The van der Waals surface area contributed by atoms with Crippen LogP contribution in [0.1, 0.15) is 26.7 Å². The Morgan fingerprint density at radius 2 is 1.88 bits per heavy atom. The van der Waals surface area contributed by atoms with Crippen molar-refractivity contribution in [1.82, 2.24) is 10.2 Å². The molecule has 6 heteroatoms. The molecule has 0 radical (unpaired) electrons. The minimum absolute atomic E-state index is 0. The molecular formula is C10H22ClN3O2. The van der Waals surface area contributed by atoms with Crippen molar-refractivity contribution in [3.63, 3.8) is 0 Å². The van der Waals surface area contributed by atoms with Gasteiger partial charge in [0.15, 0.2) is 0 Å². The van der Waals surface area contributed by atoms with E-state index >= 15 is 0 Å². The zero-order chi connectivity index (χ0) is 11.7. The number of amides is 2. The van der Waals surface area contributed by atoms with Crippen LogP contribution < -0.4 is 11.1 Å². The molecule has 0 aromatic carbocycles. The summed E-state index contributed by atoms with van der Waals surface area (Å²) < 4.78 is 0. The first kappa shape index (κ1) is 17.6. The lowest BCUT2D eigenvalue weighted by Crippen LogP contribution is -2.43. The van der Waals surface area contributed by atoms with Crippen molar-refractivity contribution < 1.29 is 9.59 Å². The molecule has 0 spiro atoms. The normalized spacial score (nSPS) is 9.19. The molecule has 0 aliphatic carbocycles. The number of nitrogens with zero attached hydrogens (tertiary/aromatic N) is 1. The van der Waals surface area contributed by atoms with Crippen molar-refractivity contribution in [1.29, 1.82) is 0 Å². The lowest BCUT2D eigenvalue weighted by molar-refractivity contribution is -0.134. The van der Waals surface area contributed by atoms with Crippen molar-refractivity contribution in [2.45, 2.75) is 26.7 Å². The molecule has 96 valence electrons. The van der Waals surface area contributed by atoms with Crippen molar-refractivity contribution in [3.05, 3.63) is 0 Å². The Hall–Kier alpha value is -0.810. The van der Waals surface area contributed by atoms with Gasteiger partial charge in [0.25, 0.3) is 0 Å². The van der Waals surface area contributed by atoms with Crippen LogP contribution in [0.5, 0.6) is 0 Å². The highest BCUT2D eigenvalue weighted by molar-refractivity contribution is 5.85. The molecule has 0 bridgehead atoms. The van der Waals surface area contributed by atoms with E-state index in [-0.39, 0.29) is 37.3 Å². The molecule has 0 heterocycles. The summed E-state index contributed by atoms with van der Waals surface area (Å²) in [6.07, 6.45) is 1.72. The average Bonchev–Trinajstić information content (AvgIpc) is 2.24. The average molecular weight is 252 g/mol. The summed E-state index contributed by atoms with van der Waals surface area (Å²) in [4.78, 5) is 24.2. The van der Waals surface area contributed by atoms with Gasteiger partial charge in [-0.05, 0) is 12.8 Å². The van der Waals surface area contributed by atoms with Crippen LogP contribution in [0.25, 0.3) is 0 Å². The van der Waals surface area contributed by atoms with Gasteiger partial charge in [0, 0.05) is 13.1 Å². The summed E-state index contributed by atoms with van der Waals surface area (Å²) in [5.41, 5.74) is 5.26. The third-order valence-corrected chi connectivity index (χ3v) is 1.93. The van der Waals surface area contributed by atoms with E-state index in [4.69, 9.17) is 5.73 Å². The Balaban J connectivity index is 0. The minimum Gasteiger partial charge on any atom is -0.355 e. The Labute approximate surface area is 103 Å². The summed E-state index contributed by atoms with van der Waals surface area (Å²) in [5, 5.41) is 2.73. The van der Waals surface area contributed by atoms with E-state index in [1.54, 1.807) is 0 Å². The van der Waals surface area contributed by atoms with E-state index in [0.717, 1.165) is 12.8 Å². The molecular weight excluding hydrogens is 230 g/mol. The SMILES string of the molecule is CCCNC(=O)CN(CCC)C(=O)CN.Cl. The molecule has 0 atom stereocenters. The van der Waals surface area contributed by atoms with Crippen LogP contribution >= 0.6 is 12.4 Å². The van der Waals surface area contributed by atoms with Gasteiger partial charge < -0.3 is 16.0 Å². The highest BCUT2D eigenvalue weighted by atomic mass is 35.5. The largest absolute Gasteiger partial charge is 0.355 e. The van der Waals surface area contributed by atoms with E-state index in [9.17, 15) is 9.59 Å². The Bertz CT molecular complexity index is 212. The number of carbonyl (C=O) groups excluding carboxylic acids is 2. The first-order chi connectivity index (χ1) is 7.15. The summed E-state index contributed by atoms with van der Waals surface area (Å²) in [6.45, 7) is 5.24. The molecule has 0 aliphatic rings. The predicted molar refractivity (Wildman–Crippen MR) is 66.5 cm³/mol. The zero-order valence-corrected chi connectivity index (χ0v) is 10.8. The van der Waals surface area contributed by atoms with Gasteiger partial charge in [-0.2, -0.15) is 0 Å². The van der Waals surface area contributed by atoms with E-state index in [2.05, 4.69) is 5.32 Å². The molecule has 3 N–H and O–H groups in total. The summed E-state index contributed by atoms with van der Waals surface area (Å²) in [5.74, 6) is -0.296. The fourth-order valence-electron chi connectivity index (χ4n) is 1.18.